The van der Waals surface area contributed by atoms with E-state index in [0.29, 0.717) is 13.0 Å². The average molecular weight is 345 g/mol. The number of carbonyl (C=O) groups is 1. The van der Waals surface area contributed by atoms with E-state index in [4.69, 9.17) is 4.74 Å². The first-order chi connectivity index (χ1) is 12.8. The van der Waals surface area contributed by atoms with Gasteiger partial charge in [-0.15, -0.1) is 0 Å². The van der Waals surface area contributed by atoms with Crippen LogP contribution in [-0.4, -0.2) is 23.5 Å². The summed E-state index contributed by atoms with van der Waals surface area (Å²) in [5, 5.41) is 2.17. The smallest absolute Gasteiger partial charge is 0.263 e. The Bertz CT molecular complexity index is 929. The number of benzene rings is 3. The maximum Gasteiger partial charge on any atom is 0.263 e. The summed E-state index contributed by atoms with van der Waals surface area (Å²) < 4.78 is 6.19. The highest BCUT2D eigenvalue weighted by Gasteiger charge is 2.27. The van der Waals surface area contributed by atoms with Crippen LogP contribution in [-0.2, 0) is 17.8 Å². The first kappa shape index (κ1) is 16.6. The van der Waals surface area contributed by atoms with E-state index in [9.17, 15) is 4.79 Å². The van der Waals surface area contributed by atoms with Crippen LogP contribution in [0.15, 0.2) is 66.7 Å². The minimum Gasteiger partial charge on any atom is -0.480 e. The van der Waals surface area contributed by atoms with Crippen molar-refractivity contribution in [3.63, 3.8) is 0 Å². The molecule has 1 heterocycles. The molecule has 4 rings (SSSR count). The van der Waals surface area contributed by atoms with Crippen molar-refractivity contribution in [3.8, 4) is 5.75 Å². The Hall–Kier alpha value is -2.81. The molecule has 3 heteroatoms. The molecule has 26 heavy (non-hydrogen) atoms. The maximum absolute atomic E-state index is 13.1. The van der Waals surface area contributed by atoms with Crippen molar-refractivity contribution in [1.29, 1.82) is 0 Å². The van der Waals surface area contributed by atoms with E-state index >= 15 is 0 Å². The van der Waals surface area contributed by atoms with Crippen molar-refractivity contribution < 1.29 is 9.53 Å². The molecule has 0 fully saturated rings. The zero-order valence-corrected chi connectivity index (χ0v) is 15.0. The summed E-state index contributed by atoms with van der Waals surface area (Å²) in [6.07, 6.45) is 1.11. The molecule has 0 bridgehead atoms. The Balaban J connectivity index is 1.55. The van der Waals surface area contributed by atoms with Gasteiger partial charge in [0, 0.05) is 18.5 Å². The van der Waals surface area contributed by atoms with Crippen LogP contribution in [0.5, 0.6) is 5.75 Å². The van der Waals surface area contributed by atoms with E-state index in [1.165, 1.54) is 11.1 Å². The molecule has 0 aliphatic carbocycles. The summed E-state index contributed by atoms with van der Waals surface area (Å²) in [4.78, 5) is 15.0. The molecular weight excluding hydrogens is 322 g/mol. The lowest BCUT2D eigenvalue weighted by Crippen LogP contribution is -2.44. The van der Waals surface area contributed by atoms with Crippen molar-refractivity contribution in [1.82, 2.24) is 4.90 Å². The summed E-state index contributed by atoms with van der Waals surface area (Å²) in [5.74, 6) is 0.857. The van der Waals surface area contributed by atoms with Crippen LogP contribution >= 0.6 is 0 Å². The van der Waals surface area contributed by atoms with Gasteiger partial charge in [0.15, 0.2) is 6.10 Å². The molecule has 0 aromatic heterocycles. The molecule has 1 amide bonds. The van der Waals surface area contributed by atoms with Crippen molar-refractivity contribution in [2.75, 3.05) is 6.54 Å². The summed E-state index contributed by atoms with van der Waals surface area (Å²) in [6.45, 7) is 3.43. The lowest BCUT2D eigenvalue weighted by atomic mass is 9.99. The van der Waals surface area contributed by atoms with Gasteiger partial charge in [-0.1, -0.05) is 67.6 Å². The van der Waals surface area contributed by atoms with Crippen LogP contribution in [0.4, 0.5) is 0 Å². The molecule has 3 aromatic carbocycles. The second-order valence-corrected chi connectivity index (χ2v) is 6.77. The number of ether oxygens (including phenoxy) is 1. The Morgan fingerprint density at radius 2 is 1.73 bits per heavy atom. The average Bonchev–Trinajstić information content (AvgIpc) is 2.71. The van der Waals surface area contributed by atoms with Gasteiger partial charge in [-0.05, 0) is 35.4 Å². The van der Waals surface area contributed by atoms with Gasteiger partial charge in [-0.2, -0.15) is 0 Å². The third kappa shape index (κ3) is 3.17. The van der Waals surface area contributed by atoms with E-state index in [-0.39, 0.29) is 5.91 Å². The summed E-state index contributed by atoms with van der Waals surface area (Å²) in [6, 6.07) is 22.5. The number of amides is 1. The van der Waals surface area contributed by atoms with Crippen LogP contribution in [0, 0.1) is 0 Å². The minimum absolute atomic E-state index is 0.0786. The fourth-order valence-electron chi connectivity index (χ4n) is 3.65. The van der Waals surface area contributed by atoms with Crippen LogP contribution in [0.3, 0.4) is 0 Å². The van der Waals surface area contributed by atoms with Gasteiger partial charge in [-0.25, -0.2) is 0 Å². The molecule has 0 unspecified atom stereocenters. The van der Waals surface area contributed by atoms with Crippen LogP contribution in [0.2, 0.25) is 0 Å². The standard InChI is InChI=1S/C23H23NO2/c1-2-21(26-22-13-7-11-18-9-5-6-12-20(18)22)23(25)24-15-14-17-8-3-4-10-19(17)16-24/h3-13,21H,2,14-16H2,1H3/t21-/m0/s1. The first-order valence-electron chi connectivity index (χ1n) is 9.26. The molecule has 1 aliphatic heterocycles. The highest BCUT2D eigenvalue weighted by Crippen LogP contribution is 2.27. The fraction of sp³-hybridized carbons (Fsp3) is 0.261. The predicted octanol–water partition coefficient (Wildman–Crippen LogP) is 4.58. The van der Waals surface area contributed by atoms with E-state index in [0.717, 1.165) is 29.5 Å². The van der Waals surface area contributed by atoms with Crippen molar-refractivity contribution >= 4 is 16.7 Å². The lowest BCUT2D eigenvalue weighted by molar-refractivity contribution is -0.139. The highest BCUT2D eigenvalue weighted by molar-refractivity contribution is 5.89. The van der Waals surface area contributed by atoms with Gasteiger partial charge in [0.1, 0.15) is 5.75 Å². The molecule has 1 aliphatic rings. The van der Waals surface area contributed by atoms with E-state index in [1.54, 1.807) is 0 Å². The van der Waals surface area contributed by atoms with Crippen molar-refractivity contribution in [2.45, 2.75) is 32.4 Å². The maximum atomic E-state index is 13.1. The number of nitrogens with zero attached hydrogens (tertiary/aromatic N) is 1. The summed E-state index contributed by atoms with van der Waals surface area (Å²) in [7, 11) is 0. The quantitative estimate of drug-likeness (QED) is 0.692. The molecule has 3 nitrogen and oxygen atoms in total. The van der Waals surface area contributed by atoms with Gasteiger partial charge < -0.3 is 9.64 Å². The van der Waals surface area contributed by atoms with Gasteiger partial charge in [0.2, 0.25) is 0 Å². The molecule has 0 spiro atoms. The third-order valence-corrected chi connectivity index (χ3v) is 5.11. The van der Waals surface area contributed by atoms with Crippen LogP contribution in [0.1, 0.15) is 24.5 Å². The van der Waals surface area contributed by atoms with E-state index in [2.05, 4.69) is 30.3 Å². The van der Waals surface area contributed by atoms with E-state index < -0.39 is 6.10 Å². The molecule has 0 saturated heterocycles. The highest BCUT2D eigenvalue weighted by atomic mass is 16.5. The molecule has 132 valence electrons. The fourth-order valence-corrected chi connectivity index (χ4v) is 3.65. The minimum atomic E-state index is -0.453. The molecule has 1 atom stereocenters. The van der Waals surface area contributed by atoms with E-state index in [1.807, 2.05) is 48.2 Å². The number of rotatable bonds is 4. The molecule has 3 aromatic rings. The van der Waals surface area contributed by atoms with Crippen LogP contribution in [0.25, 0.3) is 10.8 Å². The Morgan fingerprint density at radius 3 is 2.58 bits per heavy atom. The third-order valence-electron chi connectivity index (χ3n) is 5.11. The number of fused-ring (bicyclic) bond motifs is 2. The molecule has 0 saturated carbocycles. The normalized spacial score (nSPS) is 14.7. The predicted molar refractivity (Wildman–Crippen MR) is 104 cm³/mol. The lowest BCUT2D eigenvalue weighted by Gasteiger charge is -2.31. The summed E-state index contributed by atoms with van der Waals surface area (Å²) in [5.41, 5.74) is 2.59. The summed E-state index contributed by atoms with van der Waals surface area (Å²) >= 11 is 0. The van der Waals surface area contributed by atoms with Gasteiger partial charge in [0.25, 0.3) is 5.91 Å². The molecule has 0 radical (unpaired) electrons. The molecule has 0 N–H and O–H groups in total. The van der Waals surface area contributed by atoms with Crippen molar-refractivity contribution in [3.05, 3.63) is 77.9 Å². The Kier molecular flexibility index (Phi) is 4.61. The zero-order chi connectivity index (χ0) is 17.9. The number of carbonyl (C=O) groups excluding carboxylic acids is 1. The largest absolute Gasteiger partial charge is 0.480 e. The monoisotopic (exact) mass is 345 g/mol. The second kappa shape index (κ2) is 7.20. The van der Waals surface area contributed by atoms with Gasteiger partial charge in [-0.3, -0.25) is 4.79 Å². The Morgan fingerprint density at radius 1 is 1.00 bits per heavy atom. The molecular formula is C23H23NO2. The van der Waals surface area contributed by atoms with Gasteiger partial charge >= 0.3 is 0 Å². The van der Waals surface area contributed by atoms with Gasteiger partial charge in [0.05, 0.1) is 0 Å². The topological polar surface area (TPSA) is 29.5 Å². The van der Waals surface area contributed by atoms with Crippen LogP contribution < -0.4 is 4.74 Å². The number of hydrogen-bond donors (Lipinski definition) is 0. The second-order valence-electron chi connectivity index (χ2n) is 6.77. The Labute approximate surface area is 154 Å². The van der Waals surface area contributed by atoms with Crippen molar-refractivity contribution in [2.24, 2.45) is 0 Å². The number of hydrogen-bond acceptors (Lipinski definition) is 2. The zero-order valence-electron chi connectivity index (χ0n) is 15.0. The SMILES string of the molecule is CC[C@H](Oc1cccc2ccccc12)C(=O)N1CCc2ccccc2C1. The first-order valence-corrected chi connectivity index (χ1v) is 9.26.